The molecule has 5 nitrogen and oxygen atoms in total. The normalized spacial score (nSPS) is 19.9. The molecule has 0 spiro atoms. The average molecular weight is 626 g/mol. The molecule has 9 heteroatoms. The topological polar surface area (TPSA) is 44.5 Å². The fraction of sp³-hybridized carbons (Fsp3) is 0.267. The highest BCUT2D eigenvalue weighted by atomic mass is 79.9. The van der Waals surface area contributed by atoms with Crippen LogP contribution >= 0.6 is 39.7 Å². The maximum absolute atomic E-state index is 14.8. The van der Waals surface area contributed by atoms with Crippen molar-refractivity contribution in [3.8, 4) is 11.3 Å². The maximum atomic E-state index is 14.8. The van der Waals surface area contributed by atoms with E-state index in [1.165, 1.54) is 6.07 Å². The van der Waals surface area contributed by atoms with Crippen LogP contribution in [-0.4, -0.2) is 23.2 Å². The molecule has 2 aliphatic rings. The van der Waals surface area contributed by atoms with Gasteiger partial charge in [0.2, 0.25) is 0 Å². The third-order valence-electron chi connectivity index (χ3n) is 7.55. The predicted molar refractivity (Wildman–Crippen MR) is 162 cm³/mol. The number of hydrogen-bond donors (Lipinski definition) is 1. The van der Waals surface area contributed by atoms with Crippen LogP contribution < -0.4 is 15.1 Å². The fourth-order valence-corrected chi connectivity index (χ4v) is 6.39. The molecule has 2 aromatic heterocycles. The summed E-state index contributed by atoms with van der Waals surface area (Å²) in [6.07, 6.45) is 4.08. The Labute approximate surface area is 246 Å². The molecule has 0 aliphatic carbocycles. The second kappa shape index (κ2) is 10.9. The zero-order chi connectivity index (χ0) is 27.1. The molecule has 2 aliphatic heterocycles. The minimum Gasteiger partial charge on any atom is -0.459 e. The molecular formula is C30H27BrClFN4OS. The summed E-state index contributed by atoms with van der Waals surface area (Å²) in [5.74, 6) is 1.46. The van der Waals surface area contributed by atoms with Crippen molar-refractivity contribution >= 4 is 56.2 Å². The van der Waals surface area contributed by atoms with E-state index in [4.69, 9.17) is 28.2 Å². The number of rotatable bonds is 5. The first kappa shape index (κ1) is 26.3. The van der Waals surface area contributed by atoms with Crippen LogP contribution in [0.4, 0.5) is 15.8 Å². The lowest BCUT2D eigenvalue weighted by molar-refractivity contribution is 0.437. The van der Waals surface area contributed by atoms with Crippen molar-refractivity contribution in [3.63, 3.8) is 0 Å². The second-order valence-corrected chi connectivity index (χ2v) is 11.8. The molecule has 0 bridgehead atoms. The van der Waals surface area contributed by atoms with Crippen molar-refractivity contribution < 1.29 is 8.81 Å². The van der Waals surface area contributed by atoms with Crippen LogP contribution in [0.3, 0.4) is 0 Å². The smallest absolute Gasteiger partial charge is 0.174 e. The highest BCUT2D eigenvalue weighted by molar-refractivity contribution is 9.10. The zero-order valence-electron chi connectivity index (χ0n) is 21.3. The van der Waals surface area contributed by atoms with Gasteiger partial charge in [0, 0.05) is 29.4 Å². The Hall–Kier alpha value is -2.94. The molecule has 2 atom stereocenters. The van der Waals surface area contributed by atoms with Crippen LogP contribution in [0.1, 0.15) is 43.3 Å². The van der Waals surface area contributed by atoms with E-state index in [1.807, 2.05) is 35.2 Å². The SMILES string of the molecule is CC1CCN(c2ccc(N3C(=S)N[C@@H](c4ccccn4)[C@H]3c3ccc(-c4ccc(Br)cc4F)o3)cc2Cl)CC1. The van der Waals surface area contributed by atoms with Gasteiger partial charge in [-0.25, -0.2) is 4.39 Å². The van der Waals surface area contributed by atoms with Crippen LogP contribution in [0.15, 0.2) is 81.8 Å². The van der Waals surface area contributed by atoms with E-state index in [1.54, 1.807) is 24.4 Å². The maximum Gasteiger partial charge on any atom is 0.174 e. The Kier molecular flexibility index (Phi) is 7.35. The van der Waals surface area contributed by atoms with Gasteiger partial charge in [0.05, 0.1) is 28.0 Å². The molecule has 0 radical (unpaired) electrons. The van der Waals surface area contributed by atoms with Gasteiger partial charge in [0.1, 0.15) is 23.4 Å². The van der Waals surface area contributed by atoms with Crippen molar-refractivity contribution in [2.45, 2.75) is 31.8 Å². The number of benzene rings is 2. The minimum absolute atomic E-state index is 0.283. The summed E-state index contributed by atoms with van der Waals surface area (Å²) in [6.45, 7) is 4.29. The summed E-state index contributed by atoms with van der Waals surface area (Å²) in [7, 11) is 0. The number of thiocarbonyl (C=S) groups is 1. The van der Waals surface area contributed by atoms with Crippen LogP contribution in [0.2, 0.25) is 5.02 Å². The van der Waals surface area contributed by atoms with E-state index >= 15 is 0 Å². The van der Waals surface area contributed by atoms with Crippen LogP contribution in [-0.2, 0) is 0 Å². The molecule has 2 saturated heterocycles. The van der Waals surface area contributed by atoms with Crippen molar-refractivity contribution in [2.24, 2.45) is 5.92 Å². The summed E-state index contributed by atoms with van der Waals surface area (Å²) in [6, 6.07) is 19.8. The minimum atomic E-state index is -0.364. The van der Waals surface area contributed by atoms with Gasteiger partial charge >= 0.3 is 0 Å². The largest absolute Gasteiger partial charge is 0.459 e. The molecule has 0 amide bonds. The molecule has 0 saturated carbocycles. The van der Waals surface area contributed by atoms with E-state index in [0.29, 0.717) is 31.7 Å². The molecule has 4 aromatic rings. The number of halogens is 3. The Morgan fingerprint density at radius 2 is 1.90 bits per heavy atom. The first-order chi connectivity index (χ1) is 18.9. The first-order valence-corrected chi connectivity index (χ1v) is 14.6. The summed E-state index contributed by atoms with van der Waals surface area (Å²) in [5.41, 5.74) is 3.10. The lowest BCUT2D eigenvalue weighted by Crippen LogP contribution is -2.33. The molecule has 2 aromatic carbocycles. The third kappa shape index (κ3) is 5.17. The van der Waals surface area contributed by atoms with E-state index in [-0.39, 0.29) is 17.9 Å². The molecule has 2 fully saturated rings. The average Bonchev–Trinajstić information content (AvgIpc) is 3.54. The number of anilines is 2. The highest BCUT2D eigenvalue weighted by Crippen LogP contribution is 2.44. The highest BCUT2D eigenvalue weighted by Gasteiger charge is 2.43. The monoisotopic (exact) mass is 624 g/mol. The standard InChI is InChI=1S/C30H27BrClFN4OS/c1-18-11-14-36(15-12-18)25-8-6-20(17-22(25)32)37-29(28(35-30(37)39)24-4-2-3-13-34-24)27-10-9-26(38-27)21-7-5-19(31)16-23(21)33/h2-10,13,16-18,28-29H,11-12,14-15H2,1H3,(H,35,39)/t28-,29+/m0/s1. The number of aromatic nitrogens is 1. The number of furan rings is 1. The van der Waals surface area contributed by atoms with Gasteiger partial charge < -0.3 is 19.5 Å². The molecule has 6 rings (SSSR count). The zero-order valence-corrected chi connectivity index (χ0v) is 24.4. The third-order valence-corrected chi connectivity index (χ3v) is 8.66. The van der Waals surface area contributed by atoms with Gasteiger partial charge in [-0.2, -0.15) is 0 Å². The Morgan fingerprint density at radius 3 is 2.62 bits per heavy atom. The lowest BCUT2D eigenvalue weighted by atomic mass is 9.98. The van der Waals surface area contributed by atoms with Gasteiger partial charge in [0.25, 0.3) is 0 Å². The summed E-state index contributed by atoms with van der Waals surface area (Å²) >= 11 is 16.0. The number of hydrogen-bond acceptors (Lipinski definition) is 4. The Balaban J connectivity index is 1.38. The number of pyridine rings is 1. The Morgan fingerprint density at radius 1 is 1.08 bits per heavy atom. The van der Waals surface area contributed by atoms with Crippen LogP contribution in [0.5, 0.6) is 0 Å². The molecule has 0 unspecified atom stereocenters. The van der Waals surface area contributed by atoms with E-state index in [9.17, 15) is 4.39 Å². The van der Waals surface area contributed by atoms with Crippen molar-refractivity contribution in [2.75, 3.05) is 22.9 Å². The Bertz CT molecular complexity index is 1510. The molecular weight excluding hydrogens is 599 g/mol. The second-order valence-electron chi connectivity index (χ2n) is 10.1. The van der Waals surface area contributed by atoms with Crippen molar-refractivity contribution in [1.82, 2.24) is 10.3 Å². The van der Waals surface area contributed by atoms with Crippen molar-refractivity contribution in [3.05, 3.63) is 99.7 Å². The van der Waals surface area contributed by atoms with E-state index < -0.39 is 0 Å². The summed E-state index contributed by atoms with van der Waals surface area (Å²) in [4.78, 5) is 8.97. The number of piperidine rings is 1. The van der Waals surface area contributed by atoms with Crippen LogP contribution in [0, 0.1) is 11.7 Å². The number of nitrogens with zero attached hydrogens (tertiary/aromatic N) is 3. The lowest BCUT2D eigenvalue weighted by Gasteiger charge is -2.33. The molecule has 4 heterocycles. The fourth-order valence-electron chi connectivity index (χ4n) is 5.42. The van der Waals surface area contributed by atoms with Gasteiger partial charge in [-0.15, -0.1) is 0 Å². The molecule has 1 N–H and O–H groups in total. The van der Waals surface area contributed by atoms with E-state index in [0.717, 1.165) is 48.9 Å². The predicted octanol–water partition coefficient (Wildman–Crippen LogP) is 8.31. The number of nitrogens with one attached hydrogen (secondary N) is 1. The molecule has 39 heavy (non-hydrogen) atoms. The quantitative estimate of drug-likeness (QED) is 0.225. The first-order valence-electron chi connectivity index (χ1n) is 13.0. The van der Waals surface area contributed by atoms with Crippen LogP contribution in [0.25, 0.3) is 11.3 Å². The van der Waals surface area contributed by atoms with Crippen molar-refractivity contribution in [1.29, 1.82) is 0 Å². The van der Waals surface area contributed by atoms with E-state index in [2.05, 4.69) is 50.2 Å². The van der Waals surface area contributed by atoms with Gasteiger partial charge in [-0.1, -0.05) is 40.5 Å². The van der Waals surface area contributed by atoms with Gasteiger partial charge in [0.15, 0.2) is 5.11 Å². The summed E-state index contributed by atoms with van der Waals surface area (Å²) in [5, 5.41) is 4.66. The molecule has 200 valence electrons. The van der Waals surface area contributed by atoms with Gasteiger partial charge in [-0.3, -0.25) is 4.98 Å². The van der Waals surface area contributed by atoms with Gasteiger partial charge in [-0.05, 0) is 91.6 Å². The summed E-state index contributed by atoms with van der Waals surface area (Å²) < 4.78 is 21.8.